The third kappa shape index (κ3) is 3.92. The summed E-state index contributed by atoms with van der Waals surface area (Å²) in [6, 6.07) is 7.40. The van der Waals surface area contributed by atoms with Gasteiger partial charge in [0.15, 0.2) is 0 Å². The van der Waals surface area contributed by atoms with Gasteiger partial charge < -0.3 is 5.73 Å². The van der Waals surface area contributed by atoms with Gasteiger partial charge in [-0.2, -0.15) is 0 Å². The van der Waals surface area contributed by atoms with Crippen LogP contribution in [0, 0.1) is 13.8 Å². The van der Waals surface area contributed by atoms with Crippen molar-refractivity contribution in [3.05, 3.63) is 49.6 Å². The maximum Gasteiger partial charge on any atom is 0.242 e. The lowest BCUT2D eigenvalue weighted by atomic mass is 10.1. The van der Waals surface area contributed by atoms with Crippen LogP contribution in [-0.2, 0) is 23.1 Å². The molecule has 0 amide bonds. The van der Waals surface area contributed by atoms with Gasteiger partial charge in [-0.05, 0) is 59.1 Å². The van der Waals surface area contributed by atoms with Crippen molar-refractivity contribution < 1.29 is 8.42 Å². The van der Waals surface area contributed by atoms with E-state index in [2.05, 4.69) is 20.7 Å². The van der Waals surface area contributed by atoms with Crippen molar-refractivity contribution in [2.24, 2.45) is 5.73 Å². The van der Waals surface area contributed by atoms with Crippen molar-refractivity contribution in [3.63, 3.8) is 0 Å². The smallest absolute Gasteiger partial charge is 0.242 e. The van der Waals surface area contributed by atoms with Gasteiger partial charge >= 0.3 is 0 Å². The van der Waals surface area contributed by atoms with Crippen LogP contribution in [0.1, 0.15) is 20.9 Å². The van der Waals surface area contributed by atoms with Gasteiger partial charge in [-0.3, -0.25) is 0 Å². The van der Waals surface area contributed by atoms with Crippen LogP contribution < -0.4 is 10.5 Å². The minimum absolute atomic E-state index is 0.233. The Morgan fingerprint density at radius 2 is 2.00 bits per heavy atom. The van der Waals surface area contributed by atoms with E-state index < -0.39 is 10.0 Å². The third-order valence-electron chi connectivity index (χ3n) is 3.04. The molecule has 0 fully saturated rings. The Morgan fingerprint density at radius 1 is 1.29 bits per heavy atom. The molecule has 114 valence electrons. The normalized spacial score (nSPS) is 11.8. The second-order valence-electron chi connectivity index (χ2n) is 4.77. The number of rotatable bonds is 5. The number of aryl methyl sites for hydroxylation is 2. The first-order chi connectivity index (χ1) is 9.83. The van der Waals surface area contributed by atoms with Crippen molar-refractivity contribution >= 4 is 37.3 Å². The quantitative estimate of drug-likeness (QED) is 0.826. The molecule has 0 radical (unpaired) electrons. The van der Waals surface area contributed by atoms with Crippen LogP contribution in [0.4, 0.5) is 0 Å². The minimum atomic E-state index is -3.58. The number of nitrogens with one attached hydrogen (secondary N) is 1. The Balaban J connectivity index is 2.29. The van der Waals surface area contributed by atoms with Gasteiger partial charge in [-0.15, -0.1) is 11.3 Å². The molecular weight excluding hydrogens is 372 g/mol. The molecule has 0 unspecified atom stereocenters. The van der Waals surface area contributed by atoms with Crippen molar-refractivity contribution in [1.82, 2.24) is 4.72 Å². The Kier molecular flexibility index (Phi) is 5.21. The fourth-order valence-corrected chi connectivity index (χ4v) is 4.94. The molecule has 21 heavy (non-hydrogen) atoms. The monoisotopic (exact) mass is 388 g/mol. The van der Waals surface area contributed by atoms with Crippen LogP contribution in [0.3, 0.4) is 0 Å². The molecule has 7 heteroatoms. The molecule has 0 aliphatic rings. The standard InChI is InChI=1S/C14H17BrN2O2S2/c1-9-5-11(7-16)6-13(14(9)15)21(18,19)17-8-12-4-3-10(2)20-12/h3-6,17H,7-8,16H2,1-2H3. The van der Waals surface area contributed by atoms with E-state index in [1.807, 2.05) is 32.0 Å². The van der Waals surface area contributed by atoms with E-state index in [-0.39, 0.29) is 4.90 Å². The van der Waals surface area contributed by atoms with Gasteiger partial charge in [0.25, 0.3) is 0 Å². The lowest BCUT2D eigenvalue weighted by Gasteiger charge is -2.11. The summed E-state index contributed by atoms with van der Waals surface area (Å²) in [5.74, 6) is 0. The van der Waals surface area contributed by atoms with E-state index in [0.29, 0.717) is 17.6 Å². The first-order valence-corrected chi connectivity index (χ1v) is 9.47. The van der Waals surface area contributed by atoms with Gasteiger partial charge in [0, 0.05) is 27.3 Å². The van der Waals surface area contributed by atoms with E-state index >= 15 is 0 Å². The first-order valence-electron chi connectivity index (χ1n) is 6.37. The summed E-state index contributed by atoms with van der Waals surface area (Å²) in [7, 11) is -3.58. The molecule has 3 N–H and O–H groups in total. The molecule has 2 aromatic rings. The highest BCUT2D eigenvalue weighted by atomic mass is 79.9. The molecule has 4 nitrogen and oxygen atoms in total. The zero-order chi connectivity index (χ0) is 15.6. The Bertz CT molecular complexity index is 754. The average Bonchev–Trinajstić information content (AvgIpc) is 2.85. The predicted octanol–water partition coefficient (Wildman–Crippen LogP) is 3.06. The summed E-state index contributed by atoms with van der Waals surface area (Å²) in [6.45, 7) is 4.44. The molecule has 0 spiro atoms. The number of hydrogen-bond acceptors (Lipinski definition) is 4. The van der Waals surface area contributed by atoms with Gasteiger partial charge in [-0.1, -0.05) is 6.07 Å². The fraction of sp³-hybridized carbons (Fsp3) is 0.286. The fourth-order valence-electron chi connectivity index (χ4n) is 1.95. The second kappa shape index (κ2) is 6.58. The molecule has 0 atom stereocenters. The molecule has 0 aliphatic heterocycles. The molecule has 0 aliphatic carbocycles. The maximum atomic E-state index is 12.5. The van der Waals surface area contributed by atoms with Crippen LogP contribution in [0.2, 0.25) is 0 Å². The van der Waals surface area contributed by atoms with E-state index in [0.717, 1.165) is 20.9 Å². The lowest BCUT2D eigenvalue weighted by molar-refractivity contribution is 0.581. The topological polar surface area (TPSA) is 72.2 Å². The van der Waals surface area contributed by atoms with Crippen LogP contribution in [0.25, 0.3) is 0 Å². The summed E-state index contributed by atoms with van der Waals surface area (Å²) < 4.78 is 28.2. The van der Waals surface area contributed by atoms with Crippen molar-refractivity contribution in [1.29, 1.82) is 0 Å². The number of halogens is 1. The largest absolute Gasteiger partial charge is 0.326 e. The van der Waals surface area contributed by atoms with Gasteiger partial charge in [0.1, 0.15) is 0 Å². The van der Waals surface area contributed by atoms with E-state index in [1.165, 1.54) is 0 Å². The molecule has 1 heterocycles. The van der Waals surface area contributed by atoms with Crippen molar-refractivity contribution in [2.75, 3.05) is 0 Å². The summed E-state index contributed by atoms with van der Waals surface area (Å²) in [5, 5.41) is 0. The molecule has 1 aromatic carbocycles. The minimum Gasteiger partial charge on any atom is -0.326 e. The van der Waals surface area contributed by atoms with Gasteiger partial charge in [-0.25, -0.2) is 13.1 Å². The zero-order valence-electron chi connectivity index (χ0n) is 11.8. The summed E-state index contributed by atoms with van der Waals surface area (Å²) in [5.41, 5.74) is 7.27. The van der Waals surface area contributed by atoms with Gasteiger partial charge in [0.05, 0.1) is 4.90 Å². The highest BCUT2D eigenvalue weighted by Crippen LogP contribution is 2.27. The van der Waals surface area contributed by atoms with Crippen molar-refractivity contribution in [2.45, 2.75) is 31.8 Å². The molecular formula is C14H17BrN2O2S2. The summed E-state index contributed by atoms with van der Waals surface area (Å²) in [6.07, 6.45) is 0. The number of nitrogens with two attached hydrogens (primary N) is 1. The molecule has 2 rings (SSSR count). The number of thiophene rings is 1. The Hall–Kier alpha value is -0.730. The van der Waals surface area contributed by atoms with Crippen molar-refractivity contribution in [3.8, 4) is 0 Å². The SMILES string of the molecule is Cc1ccc(CNS(=O)(=O)c2cc(CN)cc(C)c2Br)s1. The van der Waals surface area contributed by atoms with E-state index in [4.69, 9.17) is 5.73 Å². The molecule has 1 aromatic heterocycles. The van der Waals surface area contributed by atoms with Crippen LogP contribution in [-0.4, -0.2) is 8.42 Å². The Labute approximate surface area is 137 Å². The van der Waals surface area contributed by atoms with Crippen LogP contribution in [0.15, 0.2) is 33.6 Å². The van der Waals surface area contributed by atoms with Crippen LogP contribution in [0.5, 0.6) is 0 Å². The number of hydrogen-bond donors (Lipinski definition) is 2. The zero-order valence-corrected chi connectivity index (χ0v) is 15.0. The average molecular weight is 389 g/mol. The number of benzene rings is 1. The number of sulfonamides is 1. The summed E-state index contributed by atoms with van der Waals surface area (Å²) >= 11 is 4.93. The van der Waals surface area contributed by atoms with Crippen LogP contribution >= 0.6 is 27.3 Å². The lowest BCUT2D eigenvalue weighted by Crippen LogP contribution is -2.23. The highest BCUT2D eigenvalue weighted by molar-refractivity contribution is 9.10. The van der Waals surface area contributed by atoms with E-state index in [1.54, 1.807) is 17.4 Å². The second-order valence-corrected chi connectivity index (χ2v) is 8.67. The molecule has 0 saturated carbocycles. The molecule has 0 saturated heterocycles. The predicted molar refractivity (Wildman–Crippen MR) is 89.9 cm³/mol. The highest BCUT2D eigenvalue weighted by Gasteiger charge is 2.19. The first kappa shape index (κ1) is 16.6. The van der Waals surface area contributed by atoms with E-state index in [9.17, 15) is 8.42 Å². The maximum absolute atomic E-state index is 12.5. The van der Waals surface area contributed by atoms with Gasteiger partial charge in [0.2, 0.25) is 10.0 Å². The Morgan fingerprint density at radius 3 is 2.57 bits per heavy atom. The molecule has 0 bridgehead atoms. The third-order valence-corrected chi connectivity index (χ3v) is 6.78. The summed E-state index contributed by atoms with van der Waals surface area (Å²) in [4.78, 5) is 2.38.